The molecule has 6 nitrogen and oxygen atoms in total. The highest BCUT2D eigenvalue weighted by molar-refractivity contribution is 8.01. The Hall–Kier alpha value is -1.11. The van der Waals surface area contributed by atoms with Crippen LogP contribution < -0.4 is 0 Å². The molecule has 2 N–H and O–H groups in total. The van der Waals surface area contributed by atoms with Gasteiger partial charge < -0.3 is 5.11 Å². The highest BCUT2D eigenvalue weighted by Gasteiger charge is 2.11. The zero-order valence-corrected chi connectivity index (χ0v) is 7.13. The van der Waals surface area contributed by atoms with Crippen molar-refractivity contribution in [2.24, 2.45) is 0 Å². The molecule has 0 amide bonds. The summed E-state index contributed by atoms with van der Waals surface area (Å²) in [5, 5.41) is 22.5. The van der Waals surface area contributed by atoms with E-state index < -0.39 is 5.97 Å². The number of nitrogens with one attached hydrogen (secondary N) is 1. The zero-order chi connectivity index (χ0) is 8.97. The van der Waals surface area contributed by atoms with Crippen molar-refractivity contribution in [1.29, 1.82) is 0 Å². The summed E-state index contributed by atoms with van der Waals surface area (Å²) in [5.74, 6) is -0.854. The number of carboxylic acid groups (broad SMARTS) is 1. The van der Waals surface area contributed by atoms with E-state index >= 15 is 0 Å². The van der Waals surface area contributed by atoms with Crippen LogP contribution in [0.25, 0.3) is 0 Å². The lowest BCUT2D eigenvalue weighted by Gasteiger charge is -2.02. The number of thioether (sulfide) groups is 1. The van der Waals surface area contributed by atoms with Gasteiger partial charge in [-0.1, -0.05) is 11.8 Å². The van der Waals surface area contributed by atoms with E-state index in [0.717, 1.165) is 5.25 Å². The van der Waals surface area contributed by atoms with E-state index in [-0.39, 0.29) is 6.42 Å². The van der Waals surface area contributed by atoms with Crippen LogP contribution in [0.1, 0.15) is 13.3 Å². The second kappa shape index (κ2) is 4.05. The van der Waals surface area contributed by atoms with E-state index in [1.807, 2.05) is 0 Å². The molecule has 0 aliphatic rings. The maximum Gasteiger partial charge on any atom is 0.304 e. The summed E-state index contributed by atoms with van der Waals surface area (Å²) in [7, 11) is 0. The van der Waals surface area contributed by atoms with Crippen LogP contribution in [0.15, 0.2) is 5.16 Å². The molecule has 1 aromatic heterocycles. The van der Waals surface area contributed by atoms with Crippen molar-refractivity contribution >= 4 is 17.7 Å². The Balaban J connectivity index is 2.36. The number of carboxylic acids is 1. The third-order valence-electron chi connectivity index (χ3n) is 0.997. The van der Waals surface area contributed by atoms with Crippen LogP contribution >= 0.6 is 11.8 Å². The van der Waals surface area contributed by atoms with E-state index in [9.17, 15) is 4.79 Å². The molecule has 0 atom stereocenters. The molecular weight excluding hydrogens is 180 g/mol. The van der Waals surface area contributed by atoms with Crippen molar-refractivity contribution in [3.8, 4) is 0 Å². The Morgan fingerprint density at radius 3 is 3.00 bits per heavy atom. The van der Waals surface area contributed by atoms with Crippen molar-refractivity contribution < 1.29 is 9.90 Å². The minimum Gasteiger partial charge on any atom is -0.481 e. The van der Waals surface area contributed by atoms with Crippen LogP contribution in [0.3, 0.4) is 0 Å². The van der Waals surface area contributed by atoms with Gasteiger partial charge in [0.1, 0.15) is 0 Å². The van der Waals surface area contributed by atoms with Gasteiger partial charge >= 0.3 is 5.97 Å². The topological polar surface area (TPSA) is 91.8 Å². The van der Waals surface area contributed by atoms with Gasteiger partial charge in [0.05, 0.1) is 6.42 Å². The first-order valence-corrected chi connectivity index (χ1v) is 3.96. The molecule has 1 radical (unpaired) electrons. The molecule has 0 aliphatic carbocycles. The van der Waals surface area contributed by atoms with Gasteiger partial charge in [-0.2, -0.15) is 0 Å². The molecule has 1 aromatic rings. The van der Waals surface area contributed by atoms with Crippen LogP contribution in [0.4, 0.5) is 0 Å². The molecule has 0 aliphatic heterocycles. The number of aromatic nitrogens is 4. The first-order chi connectivity index (χ1) is 5.68. The summed E-state index contributed by atoms with van der Waals surface area (Å²) < 4.78 is 0. The Labute approximate surface area is 72.7 Å². The van der Waals surface area contributed by atoms with Crippen molar-refractivity contribution in [2.45, 2.75) is 18.5 Å². The third-order valence-corrected chi connectivity index (χ3v) is 1.86. The average molecular weight is 187 g/mol. The second-order valence-electron chi connectivity index (χ2n) is 2.08. The smallest absolute Gasteiger partial charge is 0.304 e. The third kappa shape index (κ3) is 2.87. The van der Waals surface area contributed by atoms with E-state index in [2.05, 4.69) is 20.6 Å². The van der Waals surface area contributed by atoms with Gasteiger partial charge in [0.25, 0.3) is 0 Å². The Morgan fingerprint density at radius 2 is 2.50 bits per heavy atom. The number of nitrogens with zero attached hydrogens (tertiary/aromatic N) is 3. The summed E-state index contributed by atoms with van der Waals surface area (Å²) in [6, 6.07) is 0. The van der Waals surface area contributed by atoms with E-state index in [4.69, 9.17) is 5.11 Å². The molecular formula is C5H7N4O2S. The fraction of sp³-hybridized carbons (Fsp3) is 0.400. The Morgan fingerprint density at radius 1 is 1.75 bits per heavy atom. The molecule has 0 fully saturated rings. The van der Waals surface area contributed by atoms with Gasteiger partial charge in [-0.25, -0.2) is 5.10 Å². The highest BCUT2D eigenvalue weighted by atomic mass is 32.2. The quantitative estimate of drug-likeness (QED) is 0.659. The number of tetrazole rings is 1. The molecule has 0 saturated heterocycles. The van der Waals surface area contributed by atoms with Crippen LogP contribution in [0.2, 0.25) is 0 Å². The number of aliphatic carboxylic acids is 1. The minimum absolute atomic E-state index is 0.0192. The van der Waals surface area contributed by atoms with Crippen LogP contribution in [-0.4, -0.2) is 31.7 Å². The van der Waals surface area contributed by atoms with Crippen molar-refractivity contribution in [3.05, 3.63) is 5.25 Å². The lowest BCUT2D eigenvalue weighted by molar-refractivity contribution is -0.136. The van der Waals surface area contributed by atoms with Crippen LogP contribution in [0.5, 0.6) is 0 Å². The van der Waals surface area contributed by atoms with Crippen LogP contribution in [-0.2, 0) is 4.79 Å². The zero-order valence-electron chi connectivity index (χ0n) is 6.31. The maximum atomic E-state index is 10.2. The number of hydrogen-bond acceptors (Lipinski definition) is 5. The van der Waals surface area contributed by atoms with Gasteiger partial charge in [0.2, 0.25) is 5.16 Å². The molecule has 7 heteroatoms. The normalized spacial score (nSPS) is 10.5. The number of H-pyrrole nitrogens is 1. The van der Waals surface area contributed by atoms with E-state index in [1.54, 1.807) is 6.92 Å². The van der Waals surface area contributed by atoms with Gasteiger partial charge in [0, 0.05) is 5.25 Å². The maximum absolute atomic E-state index is 10.2. The van der Waals surface area contributed by atoms with Gasteiger partial charge in [-0.15, -0.1) is 5.10 Å². The molecule has 0 spiro atoms. The monoisotopic (exact) mass is 187 g/mol. The molecule has 0 saturated carbocycles. The number of aromatic amines is 1. The minimum atomic E-state index is -0.854. The summed E-state index contributed by atoms with van der Waals surface area (Å²) >= 11 is 1.22. The first kappa shape index (κ1) is 8.98. The van der Waals surface area contributed by atoms with Crippen molar-refractivity contribution in [1.82, 2.24) is 20.6 Å². The molecule has 65 valence electrons. The summed E-state index contributed by atoms with van der Waals surface area (Å²) in [4.78, 5) is 10.2. The predicted octanol–water partition coefficient (Wildman–Crippen LogP) is 0.318. The van der Waals surface area contributed by atoms with E-state index in [1.165, 1.54) is 11.8 Å². The summed E-state index contributed by atoms with van der Waals surface area (Å²) in [6.07, 6.45) is 0.0192. The predicted molar refractivity (Wildman–Crippen MR) is 41.2 cm³/mol. The largest absolute Gasteiger partial charge is 0.481 e. The molecule has 1 heterocycles. The SMILES string of the molecule is C[C](CC(=O)O)Sc1nnn[nH]1. The molecule has 0 unspecified atom stereocenters. The lowest BCUT2D eigenvalue weighted by Crippen LogP contribution is -1.99. The first-order valence-electron chi connectivity index (χ1n) is 3.14. The average Bonchev–Trinajstić information content (AvgIpc) is 2.37. The number of rotatable bonds is 4. The Bertz CT molecular complexity index is 250. The molecule has 0 aromatic carbocycles. The van der Waals surface area contributed by atoms with E-state index in [0.29, 0.717) is 5.16 Å². The Kier molecular flexibility index (Phi) is 3.03. The fourth-order valence-corrected chi connectivity index (χ4v) is 1.30. The fourth-order valence-electron chi connectivity index (χ4n) is 0.608. The lowest BCUT2D eigenvalue weighted by atomic mass is 10.3. The van der Waals surface area contributed by atoms with Crippen molar-refractivity contribution in [3.63, 3.8) is 0 Å². The number of hydrogen-bond donors (Lipinski definition) is 2. The second-order valence-corrected chi connectivity index (χ2v) is 3.37. The number of carbonyl (C=O) groups is 1. The summed E-state index contributed by atoms with van der Waals surface area (Å²) in [6.45, 7) is 1.72. The van der Waals surface area contributed by atoms with Gasteiger partial charge in [-0.05, 0) is 17.4 Å². The molecule has 12 heavy (non-hydrogen) atoms. The van der Waals surface area contributed by atoms with Crippen molar-refractivity contribution in [2.75, 3.05) is 0 Å². The molecule has 1 rings (SSSR count). The standard InChI is InChI=1S/C5H7N4O2S/c1-3(2-4(10)11)12-5-6-8-9-7-5/h2H2,1H3,(H,10,11)(H,6,7,8,9). The molecule has 0 bridgehead atoms. The van der Waals surface area contributed by atoms with Crippen LogP contribution in [0, 0.1) is 5.25 Å². The highest BCUT2D eigenvalue weighted by Crippen LogP contribution is 2.26. The van der Waals surface area contributed by atoms with Gasteiger partial charge in [-0.3, -0.25) is 4.79 Å². The summed E-state index contributed by atoms with van der Waals surface area (Å²) in [5.41, 5.74) is 0. The van der Waals surface area contributed by atoms with Gasteiger partial charge in [0.15, 0.2) is 0 Å².